The van der Waals surface area contributed by atoms with E-state index >= 15 is 0 Å². The lowest BCUT2D eigenvalue weighted by atomic mass is 10.1. The van der Waals surface area contributed by atoms with Gasteiger partial charge in [-0.1, -0.05) is 12.8 Å². The molecule has 1 aromatic rings. The van der Waals surface area contributed by atoms with Crippen LogP contribution in [0.15, 0.2) is 24.3 Å². The first-order chi connectivity index (χ1) is 10.0. The second kappa shape index (κ2) is 6.98. The van der Waals surface area contributed by atoms with E-state index in [4.69, 9.17) is 0 Å². The Hall–Kier alpha value is -1.49. The van der Waals surface area contributed by atoms with Gasteiger partial charge in [-0.3, -0.25) is 4.79 Å². The van der Waals surface area contributed by atoms with Crippen molar-refractivity contribution in [2.45, 2.75) is 37.4 Å². The largest absolute Gasteiger partial charge is 0.336 e. The normalized spacial score (nSPS) is 16.5. The fourth-order valence-corrected chi connectivity index (χ4v) is 3.59. The van der Waals surface area contributed by atoms with Crippen molar-refractivity contribution >= 4 is 29.3 Å². The van der Waals surface area contributed by atoms with E-state index in [1.165, 1.54) is 32.6 Å². The molecule has 0 saturated heterocycles. The molecule has 0 spiro atoms. The van der Waals surface area contributed by atoms with Gasteiger partial charge >= 0.3 is 6.03 Å². The number of Topliss-reactive ketones (excluding diaryl/α,β-unsaturated/α-hetero) is 1. The van der Waals surface area contributed by atoms with Gasteiger partial charge in [0.15, 0.2) is 5.78 Å². The lowest BCUT2D eigenvalue weighted by Gasteiger charge is -2.26. The topological polar surface area (TPSA) is 58.2 Å². The van der Waals surface area contributed by atoms with Crippen LogP contribution in [0.3, 0.4) is 0 Å². The van der Waals surface area contributed by atoms with Gasteiger partial charge in [0.25, 0.3) is 0 Å². The number of ketones is 1. The van der Waals surface area contributed by atoms with Crippen molar-refractivity contribution in [2.24, 2.45) is 0 Å². The quantitative estimate of drug-likeness (QED) is 0.816. The van der Waals surface area contributed by atoms with Crippen molar-refractivity contribution in [1.82, 2.24) is 5.32 Å². The molecule has 0 heterocycles. The molecule has 2 N–H and O–H groups in total. The summed E-state index contributed by atoms with van der Waals surface area (Å²) in [6.07, 6.45) is 6.95. The molecule has 0 aliphatic heterocycles. The Kier molecular flexibility index (Phi) is 5.28. The van der Waals surface area contributed by atoms with Gasteiger partial charge in [0, 0.05) is 22.5 Å². The Morgan fingerprint density at radius 3 is 2.33 bits per heavy atom. The van der Waals surface area contributed by atoms with Crippen molar-refractivity contribution < 1.29 is 9.59 Å². The van der Waals surface area contributed by atoms with Gasteiger partial charge < -0.3 is 10.6 Å². The Bertz CT molecular complexity index is 508. The molecule has 2 amide bonds. The molecule has 0 unspecified atom stereocenters. The average molecular weight is 306 g/mol. The van der Waals surface area contributed by atoms with Crippen LogP contribution in [0.25, 0.3) is 0 Å². The second-order valence-electron chi connectivity index (χ2n) is 5.54. The zero-order valence-corrected chi connectivity index (χ0v) is 13.4. The lowest BCUT2D eigenvalue weighted by Crippen LogP contribution is -2.40. The maximum atomic E-state index is 11.9. The average Bonchev–Trinajstić information content (AvgIpc) is 2.95. The highest BCUT2D eigenvalue weighted by molar-refractivity contribution is 8.00. The van der Waals surface area contributed by atoms with Crippen LogP contribution in [-0.2, 0) is 0 Å². The number of benzene rings is 1. The fraction of sp³-hybridized carbons (Fsp3) is 0.500. The first-order valence-corrected chi connectivity index (χ1v) is 8.48. The Morgan fingerprint density at radius 1 is 1.19 bits per heavy atom. The SMILES string of the molecule is CSC1(CNC(=O)Nc2ccc(C(C)=O)cc2)CCCC1. The maximum Gasteiger partial charge on any atom is 0.319 e. The monoisotopic (exact) mass is 306 g/mol. The molecule has 21 heavy (non-hydrogen) atoms. The molecule has 1 fully saturated rings. The Morgan fingerprint density at radius 2 is 1.81 bits per heavy atom. The minimum atomic E-state index is -0.189. The van der Waals surface area contributed by atoms with Crippen LogP contribution >= 0.6 is 11.8 Å². The number of nitrogens with one attached hydrogen (secondary N) is 2. The summed E-state index contributed by atoms with van der Waals surface area (Å²) in [6.45, 7) is 2.23. The number of amides is 2. The van der Waals surface area contributed by atoms with Gasteiger partial charge in [0.1, 0.15) is 0 Å². The molecule has 2 rings (SSSR count). The molecule has 1 aliphatic carbocycles. The van der Waals surface area contributed by atoms with E-state index < -0.39 is 0 Å². The number of hydrogen-bond acceptors (Lipinski definition) is 3. The van der Waals surface area contributed by atoms with Crippen LogP contribution in [-0.4, -0.2) is 29.4 Å². The number of hydrogen-bond donors (Lipinski definition) is 2. The number of anilines is 1. The van der Waals surface area contributed by atoms with Crippen LogP contribution in [0.1, 0.15) is 43.0 Å². The minimum Gasteiger partial charge on any atom is -0.336 e. The highest BCUT2D eigenvalue weighted by atomic mass is 32.2. The van der Waals surface area contributed by atoms with Gasteiger partial charge in [-0.05, 0) is 50.3 Å². The standard InChI is InChI=1S/C16H22N2O2S/c1-12(19)13-5-7-14(8-6-13)18-15(20)17-11-16(21-2)9-3-4-10-16/h5-8H,3-4,9-11H2,1-2H3,(H2,17,18,20). The second-order valence-corrected chi connectivity index (χ2v) is 6.81. The van der Waals surface area contributed by atoms with Crippen LogP contribution in [0.5, 0.6) is 0 Å². The van der Waals surface area contributed by atoms with Crippen molar-refractivity contribution in [2.75, 3.05) is 18.1 Å². The molecule has 0 bridgehead atoms. The molecule has 5 heteroatoms. The van der Waals surface area contributed by atoms with E-state index in [0.29, 0.717) is 17.8 Å². The van der Waals surface area contributed by atoms with Crippen LogP contribution in [0.4, 0.5) is 10.5 Å². The molecule has 114 valence electrons. The summed E-state index contributed by atoms with van der Waals surface area (Å²) >= 11 is 1.85. The number of urea groups is 1. The molecule has 0 atom stereocenters. The van der Waals surface area contributed by atoms with Gasteiger partial charge in [-0.15, -0.1) is 0 Å². The number of thioether (sulfide) groups is 1. The number of carbonyl (C=O) groups excluding carboxylic acids is 2. The third-order valence-electron chi connectivity index (χ3n) is 4.07. The number of carbonyl (C=O) groups is 2. The highest BCUT2D eigenvalue weighted by Crippen LogP contribution is 2.39. The molecule has 0 aromatic heterocycles. The van der Waals surface area contributed by atoms with E-state index in [0.717, 1.165) is 0 Å². The van der Waals surface area contributed by atoms with E-state index in [9.17, 15) is 9.59 Å². The summed E-state index contributed by atoms with van der Waals surface area (Å²) in [5, 5.41) is 5.77. The lowest BCUT2D eigenvalue weighted by molar-refractivity contribution is 0.101. The third-order valence-corrected chi connectivity index (χ3v) is 5.49. The van der Waals surface area contributed by atoms with E-state index in [-0.39, 0.29) is 16.6 Å². The summed E-state index contributed by atoms with van der Waals surface area (Å²) < 4.78 is 0.204. The van der Waals surface area contributed by atoms with Gasteiger partial charge in [-0.25, -0.2) is 4.79 Å². The molecule has 1 aromatic carbocycles. The summed E-state index contributed by atoms with van der Waals surface area (Å²) in [4.78, 5) is 23.1. The third kappa shape index (κ3) is 4.24. The molecule has 1 saturated carbocycles. The predicted molar refractivity (Wildman–Crippen MR) is 88.2 cm³/mol. The van der Waals surface area contributed by atoms with E-state index in [2.05, 4.69) is 16.9 Å². The minimum absolute atomic E-state index is 0.0224. The van der Waals surface area contributed by atoms with Crippen molar-refractivity contribution in [3.05, 3.63) is 29.8 Å². The van der Waals surface area contributed by atoms with E-state index in [1.54, 1.807) is 24.3 Å². The summed E-state index contributed by atoms with van der Waals surface area (Å²) in [6, 6.07) is 6.74. The molecular weight excluding hydrogens is 284 g/mol. The van der Waals surface area contributed by atoms with Gasteiger partial charge in [0.2, 0.25) is 0 Å². The summed E-state index contributed by atoms with van der Waals surface area (Å²) in [7, 11) is 0. The fourth-order valence-electron chi connectivity index (χ4n) is 2.68. The summed E-state index contributed by atoms with van der Waals surface area (Å²) in [5.74, 6) is 0.0224. The Balaban J connectivity index is 1.85. The molecule has 0 radical (unpaired) electrons. The summed E-state index contributed by atoms with van der Waals surface area (Å²) in [5.41, 5.74) is 1.34. The molecular formula is C16H22N2O2S. The van der Waals surface area contributed by atoms with E-state index in [1.807, 2.05) is 11.8 Å². The smallest absolute Gasteiger partial charge is 0.319 e. The highest BCUT2D eigenvalue weighted by Gasteiger charge is 2.33. The molecule has 4 nitrogen and oxygen atoms in total. The zero-order valence-electron chi connectivity index (χ0n) is 12.6. The first kappa shape index (κ1) is 15.9. The zero-order chi connectivity index (χ0) is 15.3. The van der Waals surface area contributed by atoms with Crippen molar-refractivity contribution in [1.29, 1.82) is 0 Å². The predicted octanol–water partition coefficient (Wildman–Crippen LogP) is 3.69. The Labute approximate surface area is 130 Å². The van der Waals surface area contributed by atoms with Gasteiger partial charge in [-0.2, -0.15) is 11.8 Å². The van der Waals surface area contributed by atoms with Crippen LogP contribution in [0, 0.1) is 0 Å². The van der Waals surface area contributed by atoms with Crippen molar-refractivity contribution in [3.63, 3.8) is 0 Å². The first-order valence-electron chi connectivity index (χ1n) is 7.26. The molecule has 1 aliphatic rings. The maximum absolute atomic E-state index is 11.9. The van der Waals surface area contributed by atoms with Crippen LogP contribution in [0.2, 0.25) is 0 Å². The van der Waals surface area contributed by atoms with Crippen LogP contribution < -0.4 is 10.6 Å². The van der Waals surface area contributed by atoms with Crippen molar-refractivity contribution in [3.8, 4) is 0 Å². The van der Waals surface area contributed by atoms with Gasteiger partial charge in [0.05, 0.1) is 0 Å². The number of rotatable bonds is 5.